The normalized spacial score (nSPS) is 12.9. The van der Waals surface area contributed by atoms with Crippen LogP contribution in [0.15, 0.2) is 30.3 Å². The third-order valence-electron chi connectivity index (χ3n) is 1.69. The molecule has 0 aliphatic carbocycles. The van der Waals surface area contributed by atoms with Crippen LogP contribution >= 0.6 is 0 Å². The Bertz CT molecular complexity index is 301. The van der Waals surface area contributed by atoms with Crippen molar-refractivity contribution in [2.45, 2.75) is 12.0 Å². The van der Waals surface area contributed by atoms with Gasteiger partial charge in [0.1, 0.15) is 0 Å². The van der Waals surface area contributed by atoms with E-state index in [0.29, 0.717) is 0 Å². The Hall–Kier alpha value is -0.178. The van der Waals surface area contributed by atoms with Crippen molar-refractivity contribution in [2.75, 3.05) is 0 Å². The Kier molecular flexibility index (Phi) is 3.51. The fourth-order valence-electron chi connectivity index (χ4n) is 0.907. The van der Waals surface area contributed by atoms with Crippen molar-refractivity contribution in [2.24, 2.45) is 0 Å². The summed E-state index contributed by atoms with van der Waals surface area (Å²) in [6.45, 7) is 0. The number of hydrogen-bond donors (Lipinski definition) is 1. The van der Waals surface area contributed by atoms with Gasteiger partial charge in [0.2, 0.25) is 0 Å². The van der Waals surface area contributed by atoms with Gasteiger partial charge in [0, 0.05) is 0 Å². The molecule has 6 heteroatoms. The molecule has 1 aromatic rings. The minimum atomic E-state index is -4.18. The minimum absolute atomic E-state index is 0.201. The van der Waals surface area contributed by atoms with Crippen molar-refractivity contribution in [3.8, 4) is 0 Å². The molecule has 75 valence electrons. The van der Waals surface area contributed by atoms with Gasteiger partial charge < -0.3 is 0 Å². The van der Waals surface area contributed by atoms with Crippen LogP contribution in [0.25, 0.3) is 0 Å². The second-order valence-corrected chi connectivity index (χ2v) is 3.61. The van der Waals surface area contributed by atoms with Gasteiger partial charge in [-0.25, -0.2) is 0 Å². The van der Waals surface area contributed by atoms with E-state index in [1.54, 1.807) is 0 Å². The Morgan fingerprint density at radius 2 is 1.50 bits per heavy atom. The zero-order valence-electron chi connectivity index (χ0n) is 6.90. The second kappa shape index (κ2) is 4.13. The van der Waals surface area contributed by atoms with Gasteiger partial charge in [-0.15, -0.1) is 0 Å². The molecule has 0 amide bonds. The Morgan fingerprint density at radius 1 is 1.00 bits per heavy atom. The van der Waals surface area contributed by atoms with E-state index in [-0.39, 0.29) is 26.1 Å². The van der Waals surface area contributed by atoms with Crippen LogP contribution in [0.1, 0.15) is 5.56 Å². The zero-order chi connectivity index (χ0) is 10.8. The van der Waals surface area contributed by atoms with Crippen LogP contribution in [-0.4, -0.2) is 32.1 Å². The summed E-state index contributed by atoms with van der Waals surface area (Å²) in [5.74, 6) is -4.17. The maximum atomic E-state index is 13.1. The molecule has 0 aromatic heterocycles. The summed E-state index contributed by atoms with van der Waals surface area (Å²) in [6, 6.07) is 1.87. The van der Waals surface area contributed by atoms with Crippen LogP contribution in [0.4, 0.5) is 17.6 Å². The molecular formula is C8H6F4NPb. The molecule has 0 spiro atoms. The average molecular weight is 399 g/mol. The molecule has 0 aliphatic rings. The van der Waals surface area contributed by atoms with E-state index in [0.717, 1.165) is 12.1 Å². The molecule has 0 unspecified atom stereocenters. The van der Waals surface area contributed by atoms with Gasteiger partial charge in [-0.05, 0) is 0 Å². The molecule has 0 heterocycles. The summed E-state index contributed by atoms with van der Waals surface area (Å²) >= 11 is -0.201. The van der Waals surface area contributed by atoms with E-state index >= 15 is 0 Å². The summed E-state index contributed by atoms with van der Waals surface area (Å²) < 4.78 is 53.3. The first-order valence-corrected chi connectivity index (χ1v) is 5.61. The summed E-state index contributed by atoms with van der Waals surface area (Å²) in [5.41, 5.74) is -0.687. The van der Waals surface area contributed by atoms with E-state index < -0.39 is 17.5 Å². The molecule has 3 radical (unpaired) electrons. The number of nitrogens with one attached hydrogen (secondary N) is 1. The van der Waals surface area contributed by atoms with E-state index in [2.05, 4.69) is 0 Å². The van der Waals surface area contributed by atoms with Crippen LogP contribution in [0.2, 0.25) is 0 Å². The molecule has 0 aliphatic heterocycles. The fourth-order valence-corrected chi connectivity index (χ4v) is 1.52. The molecule has 0 bridgehead atoms. The number of rotatable bonds is 3. The van der Waals surface area contributed by atoms with Crippen molar-refractivity contribution in [3.05, 3.63) is 35.9 Å². The molecule has 0 atom stereocenters. The first kappa shape index (κ1) is 11.9. The van der Waals surface area contributed by atoms with Crippen LogP contribution in [0.5, 0.6) is 0 Å². The average Bonchev–Trinajstić information content (AvgIpc) is 2.19. The van der Waals surface area contributed by atoms with E-state index in [4.69, 9.17) is 0 Å². The van der Waals surface area contributed by atoms with Crippen molar-refractivity contribution in [3.63, 3.8) is 0 Å². The Morgan fingerprint density at radius 3 is 1.93 bits per heavy atom. The van der Waals surface area contributed by atoms with Crippen LogP contribution < -0.4 is 3.13 Å². The number of hydrogen-bond acceptors (Lipinski definition) is 1. The first-order valence-electron chi connectivity index (χ1n) is 3.67. The molecule has 0 saturated carbocycles. The molecule has 1 aromatic carbocycles. The monoisotopic (exact) mass is 400 g/mol. The Labute approximate surface area is 94.6 Å². The molecule has 14 heavy (non-hydrogen) atoms. The van der Waals surface area contributed by atoms with Gasteiger partial charge in [-0.1, -0.05) is 0 Å². The summed E-state index contributed by atoms with van der Waals surface area (Å²) in [4.78, 5) is 0. The van der Waals surface area contributed by atoms with Crippen LogP contribution in [0.3, 0.4) is 0 Å². The van der Waals surface area contributed by atoms with Gasteiger partial charge in [-0.2, -0.15) is 0 Å². The van der Waals surface area contributed by atoms with Gasteiger partial charge in [0.25, 0.3) is 0 Å². The van der Waals surface area contributed by atoms with Gasteiger partial charge in [0.05, 0.1) is 0 Å². The van der Waals surface area contributed by atoms with Gasteiger partial charge in [0.15, 0.2) is 0 Å². The van der Waals surface area contributed by atoms with Crippen molar-refractivity contribution in [1.82, 2.24) is 3.13 Å². The number of alkyl halides is 4. The van der Waals surface area contributed by atoms with Gasteiger partial charge >= 0.3 is 94.6 Å². The Balaban J connectivity index is 3.08. The summed E-state index contributed by atoms with van der Waals surface area (Å²) in [5, 5.41) is 0. The first-order chi connectivity index (χ1) is 6.42. The predicted molar refractivity (Wildman–Crippen MR) is 44.2 cm³/mol. The van der Waals surface area contributed by atoms with Crippen molar-refractivity contribution < 1.29 is 17.6 Å². The fraction of sp³-hybridized carbons (Fsp3) is 0.250. The second-order valence-electron chi connectivity index (χ2n) is 2.64. The molecule has 1 N–H and O–H groups in total. The van der Waals surface area contributed by atoms with E-state index in [1.807, 2.05) is 0 Å². The molecule has 0 saturated heterocycles. The third kappa shape index (κ3) is 2.08. The predicted octanol–water partition coefficient (Wildman–Crippen LogP) is 2.04. The maximum absolute atomic E-state index is 13.1. The van der Waals surface area contributed by atoms with Crippen LogP contribution in [0, 0.1) is 0 Å². The van der Waals surface area contributed by atoms with Gasteiger partial charge in [-0.3, -0.25) is 0 Å². The molecule has 0 fully saturated rings. The van der Waals surface area contributed by atoms with Crippen LogP contribution in [-0.2, 0) is 5.92 Å². The SMILES string of the molecule is FC(F)([NH][Pb])C(F)(F)c1ccccc1. The van der Waals surface area contributed by atoms with E-state index in [9.17, 15) is 17.6 Å². The summed E-state index contributed by atoms with van der Waals surface area (Å²) in [6.07, 6.45) is 0. The van der Waals surface area contributed by atoms with Crippen molar-refractivity contribution >= 4 is 26.1 Å². The van der Waals surface area contributed by atoms with Crippen molar-refractivity contribution in [1.29, 1.82) is 0 Å². The molecule has 1 rings (SSSR count). The molecule has 1 nitrogen and oxygen atoms in total. The topological polar surface area (TPSA) is 12.0 Å². The summed E-state index contributed by atoms with van der Waals surface area (Å²) in [7, 11) is 0. The number of halogens is 4. The quantitative estimate of drug-likeness (QED) is 0.466. The standard InChI is InChI=1S/C8H6F4N.Pb/c9-7(10,8(11,12)13)6-4-2-1-3-5-6;/h1-5,13H;/q-1;+1. The third-order valence-corrected chi connectivity index (χ3v) is 2.91. The number of benzene rings is 1. The zero-order valence-corrected chi connectivity index (χ0v) is 10.8. The van der Waals surface area contributed by atoms with E-state index in [1.165, 1.54) is 21.3 Å². The molecular weight excluding hydrogens is 393 g/mol.